The number of para-hydroxylation sites is 2. The highest BCUT2D eigenvalue weighted by Gasteiger charge is 2.09. The molecule has 23 heavy (non-hydrogen) atoms. The highest BCUT2D eigenvalue weighted by Crippen LogP contribution is 2.29. The number of aromatic nitrogens is 2. The minimum atomic E-state index is 0.673. The molecule has 114 valence electrons. The van der Waals surface area contributed by atoms with Crippen LogP contribution in [0.15, 0.2) is 63.6 Å². The van der Waals surface area contributed by atoms with Crippen LogP contribution in [0.1, 0.15) is 5.69 Å². The Bertz CT molecular complexity index is 914. The van der Waals surface area contributed by atoms with Crippen molar-refractivity contribution in [3.63, 3.8) is 0 Å². The molecule has 2 heterocycles. The number of rotatable bonds is 4. The van der Waals surface area contributed by atoms with Gasteiger partial charge in [0.2, 0.25) is 0 Å². The fraction of sp³-hybridized carbons (Fsp3) is 0.0588. The van der Waals surface area contributed by atoms with Gasteiger partial charge in [0, 0.05) is 21.7 Å². The Morgan fingerprint density at radius 1 is 1.04 bits per heavy atom. The lowest BCUT2D eigenvalue weighted by Crippen LogP contribution is -1.82. The number of hydrogen-bond acceptors (Lipinski definition) is 5. The molecule has 2 aromatic carbocycles. The summed E-state index contributed by atoms with van der Waals surface area (Å²) in [6.07, 6.45) is 0. The van der Waals surface area contributed by atoms with Crippen LogP contribution in [-0.2, 0) is 5.75 Å². The van der Waals surface area contributed by atoms with Gasteiger partial charge in [0.25, 0.3) is 5.22 Å². The summed E-state index contributed by atoms with van der Waals surface area (Å²) < 4.78 is 5.71. The summed E-state index contributed by atoms with van der Waals surface area (Å²) in [5.41, 5.74) is 3.80. The minimum absolute atomic E-state index is 0.673. The Balaban J connectivity index is 1.48. The molecular formula is C17H11ClN2OS2. The quantitative estimate of drug-likeness (QED) is 0.426. The standard InChI is InChI=1S/C17H11ClN2OS2/c18-12-7-5-11(6-8-12)16-19-13(9-22-16)10-23-17-20-14-3-1-2-4-15(14)21-17/h1-9H,10H2. The van der Waals surface area contributed by atoms with E-state index in [1.54, 1.807) is 23.1 Å². The van der Waals surface area contributed by atoms with Gasteiger partial charge in [0.1, 0.15) is 10.5 Å². The highest BCUT2D eigenvalue weighted by molar-refractivity contribution is 7.98. The van der Waals surface area contributed by atoms with Crippen molar-refractivity contribution in [1.29, 1.82) is 0 Å². The van der Waals surface area contributed by atoms with E-state index >= 15 is 0 Å². The predicted molar refractivity (Wildman–Crippen MR) is 96.1 cm³/mol. The first-order valence-corrected chi connectivity index (χ1v) is 9.21. The van der Waals surface area contributed by atoms with Gasteiger partial charge in [-0.1, -0.05) is 47.6 Å². The lowest BCUT2D eigenvalue weighted by Gasteiger charge is -1.96. The number of oxazole rings is 1. The van der Waals surface area contributed by atoms with Crippen LogP contribution in [0.4, 0.5) is 0 Å². The van der Waals surface area contributed by atoms with Crippen molar-refractivity contribution in [1.82, 2.24) is 9.97 Å². The second kappa shape index (κ2) is 6.35. The molecular weight excluding hydrogens is 348 g/mol. The number of nitrogens with zero attached hydrogens (tertiary/aromatic N) is 2. The van der Waals surface area contributed by atoms with Crippen LogP contribution in [0.25, 0.3) is 21.7 Å². The summed E-state index contributed by atoms with van der Waals surface area (Å²) in [6, 6.07) is 15.5. The van der Waals surface area contributed by atoms with Crippen LogP contribution in [0.5, 0.6) is 0 Å². The van der Waals surface area contributed by atoms with Gasteiger partial charge in [-0.25, -0.2) is 9.97 Å². The minimum Gasteiger partial charge on any atom is -0.431 e. The normalized spacial score (nSPS) is 11.2. The Morgan fingerprint density at radius 3 is 2.70 bits per heavy atom. The summed E-state index contributed by atoms with van der Waals surface area (Å²) >= 11 is 9.10. The van der Waals surface area contributed by atoms with E-state index in [0.717, 1.165) is 38.1 Å². The first-order chi connectivity index (χ1) is 11.3. The van der Waals surface area contributed by atoms with Crippen LogP contribution >= 0.6 is 34.7 Å². The molecule has 0 atom stereocenters. The fourth-order valence-electron chi connectivity index (χ4n) is 2.15. The number of fused-ring (bicyclic) bond motifs is 1. The Kier molecular flexibility index (Phi) is 4.08. The SMILES string of the molecule is Clc1ccc(-c2nc(CSc3nc4ccccc4o3)cs2)cc1. The Morgan fingerprint density at radius 2 is 1.87 bits per heavy atom. The van der Waals surface area contributed by atoms with E-state index in [-0.39, 0.29) is 0 Å². The van der Waals surface area contributed by atoms with Gasteiger partial charge >= 0.3 is 0 Å². The van der Waals surface area contributed by atoms with Crippen molar-refractivity contribution in [3.8, 4) is 10.6 Å². The van der Waals surface area contributed by atoms with E-state index < -0.39 is 0 Å². The molecule has 0 amide bonds. The number of thioether (sulfide) groups is 1. The molecule has 4 rings (SSSR count). The molecule has 0 spiro atoms. The van der Waals surface area contributed by atoms with Gasteiger partial charge in [-0.2, -0.15) is 0 Å². The molecule has 0 N–H and O–H groups in total. The van der Waals surface area contributed by atoms with Crippen molar-refractivity contribution >= 4 is 45.8 Å². The molecule has 0 fully saturated rings. The van der Waals surface area contributed by atoms with Gasteiger partial charge in [0.05, 0.1) is 5.69 Å². The molecule has 0 aliphatic carbocycles. The van der Waals surface area contributed by atoms with Gasteiger partial charge in [0.15, 0.2) is 5.58 Å². The second-order valence-electron chi connectivity index (χ2n) is 4.89. The van der Waals surface area contributed by atoms with Gasteiger partial charge < -0.3 is 4.42 Å². The summed E-state index contributed by atoms with van der Waals surface area (Å²) in [5, 5.41) is 4.47. The third-order valence-corrected chi connectivity index (χ3v) is 5.31. The third-order valence-electron chi connectivity index (χ3n) is 3.26. The lowest BCUT2D eigenvalue weighted by atomic mass is 10.2. The molecule has 6 heteroatoms. The van der Waals surface area contributed by atoms with Crippen molar-refractivity contribution in [3.05, 3.63) is 64.6 Å². The topological polar surface area (TPSA) is 38.9 Å². The smallest absolute Gasteiger partial charge is 0.257 e. The van der Waals surface area contributed by atoms with Crippen molar-refractivity contribution in [2.45, 2.75) is 11.0 Å². The summed E-state index contributed by atoms with van der Waals surface area (Å²) in [4.78, 5) is 9.12. The monoisotopic (exact) mass is 358 g/mol. The molecule has 3 nitrogen and oxygen atoms in total. The molecule has 0 radical (unpaired) electrons. The van der Waals surface area contributed by atoms with Crippen LogP contribution < -0.4 is 0 Å². The molecule has 0 saturated carbocycles. The molecule has 0 unspecified atom stereocenters. The maximum Gasteiger partial charge on any atom is 0.257 e. The van der Waals surface area contributed by atoms with Crippen molar-refractivity contribution in [2.24, 2.45) is 0 Å². The number of benzene rings is 2. The molecule has 4 aromatic rings. The first kappa shape index (κ1) is 14.8. The van der Waals surface area contributed by atoms with Gasteiger partial charge in [-0.05, 0) is 24.3 Å². The van der Waals surface area contributed by atoms with E-state index in [9.17, 15) is 0 Å². The van der Waals surface area contributed by atoms with Crippen LogP contribution in [0.2, 0.25) is 5.02 Å². The maximum absolute atomic E-state index is 5.92. The largest absolute Gasteiger partial charge is 0.431 e. The van der Waals surface area contributed by atoms with Crippen molar-refractivity contribution in [2.75, 3.05) is 0 Å². The Labute approximate surface area is 146 Å². The summed E-state index contributed by atoms with van der Waals surface area (Å²) in [7, 11) is 0. The van der Waals surface area contributed by atoms with E-state index in [2.05, 4.69) is 15.3 Å². The van der Waals surface area contributed by atoms with Gasteiger partial charge in [-0.15, -0.1) is 11.3 Å². The molecule has 2 aromatic heterocycles. The zero-order valence-electron chi connectivity index (χ0n) is 11.9. The fourth-order valence-corrected chi connectivity index (χ4v) is 3.93. The Hall–Kier alpha value is -1.82. The number of thiazole rings is 1. The zero-order valence-corrected chi connectivity index (χ0v) is 14.3. The van der Waals surface area contributed by atoms with E-state index in [1.807, 2.05) is 48.5 Å². The van der Waals surface area contributed by atoms with E-state index in [4.69, 9.17) is 16.0 Å². The number of halogens is 1. The van der Waals surface area contributed by atoms with E-state index in [1.165, 1.54) is 0 Å². The lowest BCUT2D eigenvalue weighted by molar-refractivity contribution is 0.489. The average Bonchev–Trinajstić information content (AvgIpc) is 3.20. The van der Waals surface area contributed by atoms with Crippen LogP contribution in [-0.4, -0.2) is 9.97 Å². The zero-order chi connectivity index (χ0) is 15.6. The highest BCUT2D eigenvalue weighted by atomic mass is 35.5. The first-order valence-electron chi connectivity index (χ1n) is 6.97. The van der Waals surface area contributed by atoms with E-state index in [0.29, 0.717) is 5.22 Å². The van der Waals surface area contributed by atoms with Gasteiger partial charge in [-0.3, -0.25) is 0 Å². The maximum atomic E-state index is 5.92. The molecule has 0 aliphatic heterocycles. The summed E-state index contributed by atoms with van der Waals surface area (Å²) in [6.45, 7) is 0. The second-order valence-corrected chi connectivity index (χ2v) is 7.11. The van der Waals surface area contributed by atoms with Crippen LogP contribution in [0.3, 0.4) is 0 Å². The van der Waals surface area contributed by atoms with Crippen molar-refractivity contribution < 1.29 is 4.42 Å². The molecule has 0 bridgehead atoms. The predicted octanol–water partition coefficient (Wildman–Crippen LogP) is 5.90. The van der Waals surface area contributed by atoms with Crippen LogP contribution in [0, 0.1) is 0 Å². The number of hydrogen-bond donors (Lipinski definition) is 0. The average molecular weight is 359 g/mol. The summed E-state index contributed by atoms with van der Waals surface area (Å²) in [5.74, 6) is 0.733. The molecule has 0 saturated heterocycles. The molecule has 0 aliphatic rings. The third kappa shape index (κ3) is 3.27.